The zero-order valence-corrected chi connectivity index (χ0v) is 8.85. The van der Waals surface area contributed by atoms with Gasteiger partial charge in [-0.25, -0.2) is 0 Å². The summed E-state index contributed by atoms with van der Waals surface area (Å²) in [6.45, 7) is 1.04. The molecule has 1 atom stereocenters. The molecular formula is C8H18Cl2N2. The van der Waals surface area contributed by atoms with Crippen LogP contribution in [0.1, 0.15) is 32.1 Å². The fraction of sp³-hybridized carbons (Fsp3) is 1.00. The molecule has 4 heteroatoms. The van der Waals surface area contributed by atoms with Gasteiger partial charge in [0.1, 0.15) is 0 Å². The zero-order chi connectivity index (χ0) is 7.03. The summed E-state index contributed by atoms with van der Waals surface area (Å²) in [7, 11) is 0. The second-order valence-electron chi connectivity index (χ2n) is 3.81. The molecular weight excluding hydrogens is 195 g/mol. The summed E-state index contributed by atoms with van der Waals surface area (Å²) < 4.78 is 0. The summed E-state index contributed by atoms with van der Waals surface area (Å²) >= 11 is 0. The lowest BCUT2D eigenvalue weighted by molar-refractivity contribution is 0.134. The third-order valence-corrected chi connectivity index (χ3v) is 3.04. The molecule has 1 saturated carbocycles. The van der Waals surface area contributed by atoms with E-state index in [0.717, 1.165) is 6.54 Å². The molecule has 2 rings (SSSR count). The average molecular weight is 213 g/mol. The molecule has 1 unspecified atom stereocenters. The summed E-state index contributed by atoms with van der Waals surface area (Å²) in [6.07, 6.45) is 6.74. The molecule has 12 heavy (non-hydrogen) atoms. The average Bonchev–Trinajstić information content (AvgIpc) is 1.86. The van der Waals surface area contributed by atoms with Crippen LogP contribution in [-0.2, 0) is 0 Å². The Morgan fingerprint density at radius 3 is 2.17 bits per heavy atom. The molecule has 1 spiro atoms. The van der Waals surface area contributed by atoms with Crippen molar-refractivity contribution in [1.82, 2.24) is 5.32 Å². The highest BCUT2D eigenvalue weighted by molar-refractivity contribution is 5.85. The second-order valence-corrected chi connectivity index (χ2v) is 3.81. The molecule has 2 fully saturated rings. The maximum Gasteiger partial charge on any atom is 0.0182 e. The van der Waals surface area contributed by atoms with Crippen LogP contribution in [-0.4, -0.2) is 18.1 Å². The Morgan fingerprint density at radius 1 is 1.17 bits per heavy atom. The lowest BCUT2D eigenvalue weighted by Gasteiger charge is -2.47. The van der Waals surface area contributed by atoms with Gasteiger partial charge in [-0.1, -0.05) is 0 Å². The minimum absolute atomic E-state index is 0. The minimum Gasteiger partial charge on any atom is -0.327 e. The normalized spacial score (nSPS) is 31.2. The van der Waals surface area contributed by atoms with Crippen molar-refractivity contribution in [2.24, 2.45) is 5.73 Å². The summed E-state index contributed by atoms with van der Waals surface area (Å²) in [5.41, 5.74) is 6.32. The van der Waals surface area contributed by atoms with Gasteiger partial charge < -0.3 is 11.1 Å². The highest BCUT2D eigenvalue weighted by atomic mass is 35.5. The minimum atomic E-state index is 0. The maximum atomic E-state index is 5.77. The van der Waals surface area contributed by atoms with Crippen LogP contribution in [0.2, 0.25) is 0 Å². The summed E-state index contributed by atoms with van der Waals surface area (Å²) in [5, 5.41) is 3.56. The molecule has 2 aliphatic rings. The van der Waals surface area contributed by atoms with Gasteiger partial charge in [-0.05, 0) is 32.1 Å². The van der Waals surface area contributed by atoms with E-state index in [0.29, 0.717) is 11.6 Å². The van der Waals surface area contributed by atoms with Crippen LogP contribution in [0.3, 0.4) is 0 Å². The van der Waals surface area contributed by atoms with Crippen molar-refractivity contribution >= 4 is 24.8 Å². The van der Waals surface area contributed by atoms with Gasteiger partial charge in [0.25, 0.3) is 0 Å². The van der Waals surface area contributed by atoms with Gasteiger partial charge in [-0.15, -0.1) is 24.8 Å². The number of hydrogen-bond donors (Lipinski definition) is 2. The highest BCUT2D eigenvalue weighted by Gasteiger charge is 2.38. The molecule has 1 saturated heterocycles. The molecule has 0 bridgehead atoms. The SMILES string of the molecule is Cl.Cl.NC1CCC2(CCC2)NC1. The molecule has 0 aromatic heterocycles. The van der Waals surface area contributed by atoms with Crippen LogP contribution in [0.5, 0.6) is 0 Å². The second kappa shape index (κ2) is 4.66. The first kappa shape index (κ1) is 12.5. The number of nitrogens with one attached hydrogen (secondary N) is 1. The van der Waals surface area contributed by atoms with E-state index in [1.165, 1.54) is 32.1 Å². The van der Waals surface area contributed by atoms with Crippen LogP contribution < -0.4 is 11.1 Å². The van der Waals surface area contributed by atoms with Crippen LogP contribution in [0.4, 0.5) is 0 Å². The van der Waals surface area contributed by atoms with Crippen molar-refractivity contribution in [3.8, 4) is 0 Å². The summed E-state index contributed by atoms with van der Waals surface area (Å²) in [5.74, 6) is 0. The zero-order valence-electron chi connectivity index (χ0n) is 7.21. The fourth-order valence-corrected chi connectivity index (χ4v) is 2.03. The van der Waals surface area contributed by atoms with E-state index in [9.17, 15) is 0 Å². The predicted molar refractivity (Wildman–Crippen MR) is 56.3 cm³/mol. The van der Waals surface area contributed by atoms with Crippen LogP contribution in [0.25, 0.3) is 0 Å². The first-order chi connectivity index (χ1) is 4.81. The molecule has 0 radical (unpaired) electrons. The van der Waals surface area contributed by atoms with Crippen LogP contribution in [0.15, 0.2) is 0 Å². The van der Waals surface area contributed by atoms with Gasteiger partial charge in [0, 0.05) is 18.1 Å². The summed E-state index contributed by atoms with van der Waals surface area (Å²) in [6, 6.07) is 0.422. The highest BCUT2D eigenvalue weighted by Crippen LogP contribution is 2.37. The third kappa shape index (κ3) is 2.25. The Hall–Kier alpha value is 0.500. The van der Waals surface area contributed by atoms with Crippen molar-refractivity contribution in [1.29, 1.82) is 0 Å². The lowest BCUT2D eigenvalue weighted by atomic mass is 9.71. The Bertz CT molecular complexity index is 127. The first-order valence-corrected chi connectivity index (χ1v) is 4.31. The van der Waals surface area contributed by atoms with Crippen molar-refractivity contribution in [2.75, 3.05) is 6.54 Å². The fourth-order valence-electron chi connectivity index (χ4n) is 2.03. The van der Waals surface area contributed by atoms with E-state index in [-0.39, 0.29) is 24.8 Å². The molecule has 2 nitrogen and oxygen atoms in total. The maximum absolute atomic E-state index is 5.77. The van der Waals surface area contributed by atoms with E-state index in [1.54, 1.807) is 0 Å². The number of rotatable bonds is 0. The molecule has 0 aromatic rings. The molecule has 1 heterocycles. The van der Waals surface area contributed by atoms with Gasteiger partial charge in [-0.2, -0.15) is 0 Å². The van der Waals surface area contributed by atoms with E-state index in [2.05, 4.69) is 5.32 Å². The van der Waals surface area contributed by atoms with Gasteiger partial charge in [0.2, 0.25) is 0 Å². The van der Waals surface area contributed by atoms with Gasteiger partial charge in [-0.3, -0.25) is 0 Å². The van der Waals surface area contributed by atoms with Crippen LogP contribution in [0, 0.1) is 0 Å². The Labute approximate surface area is 86.5 Å². The molecule has 1 aliphatic carbocycles. The Kier molecular flexibility index (Phi) is 4.85. The van der Waals surface area contributed by atoms with Gasteiger partial charge in [0.05, 0.1) is 0 Å². The molecule has 1 aliphatic heterocycles. The van der Waals surface area contributed by atoms with Crippen molar-refractivity contribution in [2.45, 2.75) is 43.7 Å². The van der Waals surface area contributed by atoms with Crippen molar-refractivity contribution < 1.29 is 0 Å². The lowest BCUT2D eigenvalue weighted by Crippen LogP contribution is -2.58. The first-order valence-electron chi connectivity index (χ1n) is 4.31. The van der Waals surface area contributed by atoms with E-state index in [4.69, 9.17) is 5.73 Å². The molecule has 0 amide bonds. The smallest absolute Gasteiger partial charge is 0.0182 e. The number of halogens is 2. The Balaban J connectivity index is 0.000000605. The number of piperidine rings is 1. The van der Waals surface area contributed by atoms with Crippen molar-refractivity contribution in [3.63, 3.8) is 0 Å². The quantitative estimate of drug-likeness (QED) is 0.639. The van der Waals surface area contributed by atoms with Crippen LogP contribution >= 0.6 is 24.8 Å². The molecule has 3 N–H and O–H groups in total. The van der Waals surface area contributed by atoms with Crippen molar-refractivity contribution in [3.05, 3.63) is 0 Å². The van der Waals surface area contributed by atoms with E-state index < -0.39 is 0 Å². The topological polar surface area (TPSA) is 38.0 Å². The molecule has 0 aromatic carbocycles. The monoisotopic (exact) mass is 212 g/mol. The van der Waals surface area contributed by atoms with E-state index in [1.807, 2.05) is 0 Å². The number of nitrogens with two attached hydrogens (primary N) is 1. The Morgan fingerprint density at radius 2 is 1.83 bits per heavy atom. The standard InChI is InChI=1S/C8H16N2.2ClH/c9-7-2-5-8(10-6-7)3-1-4-8;;/h7,10H,1-6,9H2;2*1H. The summed E-state index contributed by atoms with van der Waals surface area (Å²) in [4.78, 5) is 0. The van der Waals surface area contributed by atoms with Gasteiger partial charge >= 0.3 is 0 Å². The van der Waals surface area contributed by atoms with Gasteiger partial charge in [0.15, 0.2) is 0 Å². The predicted octanol–water partition coefficient (Wildman–Crippen LogP) is 1.46. The molecule has 74 valence electrons. The third-order valence-electron chi connectivity index (χ3n) is 3.04. The largest absolute Gasteiger partial charge is 0.327 e. The number of hydrogen-bond acceptors (Lipinski definition) is 2. The van der Waals surface area contributed by atoms with E-state index >= 15 is 0 Å².